The predicted octanol–water partition coefficient (Wildman–Crippen LogP) is 7.61. The van der Waals surface area contributed by atoms with Crippen molar-refractivity contribution in [1.82, 2.24) is 0 Å². The average molecular weight is 451 g/mol. The van der Waals surface area contributed by atoms with E-state index in [0.29, 0.717) is 10.8 Å². The van der Waals surface area contributed by atoms with Crippen LogP contribution in [0.15, 0.2) is 42.0 Å². The van der Waals surface area contributed by atoms with Crippen LogP contribution in [0.4, 0.5) is 0 Å². The lowest BCUT2D eigenvalue weighted by molar-refractivity contribution is -0.0718. The van der Waals surface area contributed by atoms with E-state index in [4.69, 9.17) is 0 Å². The molecule has 0 aromatic heterocycles. The van der Waals surface area contributed by atoms with Gasteiger partial charge in [-0.2, -0.15) is 0 Å². The quantitative estimate of drug-likeness (QED) is 0.438. The maximum Gasteiger partial charge on any atom is 0.0790 e. The van der Waals surface area contributed by atoms with Crippen LogP contribution < -0.4 is 0 Å². The molecular formula is C31H46O2. The minimum Gasteiger partial charge on any atom is -0.390 e. The SMILES string of the molecule is CC[C@]1(O)CC[C@@]2(C)C(=CC[C@H]3[C@@H]4CC[C@H](CCC[C@H](O)c5ccccc5)[C@@]4(C)CC[C@@H]32)C1. The Bertz CT molecular complexity index is 861. The highest BCUT2D eigenvalue weighted by molar-refractivity contribution is 5.27. The summed E-state index contributed by atoms with van der Waals surface area (Å²) in [5, 5.41) is 21.6. The van der Waals surface area contributed by atoms with Crippen molar-refractivity contribution in [3.63, 3.8) is 0 Å². The van der Waals surface area contributed by atoms with Crippen molar-refractivity contribution in [3.8, 4) is 0 Å². The molecule has 2 N–H and O–H groups in total. The first kappa shape index (κ1) is 23.6. The van der Waals surface area contributed by atoms with Crippen LogP contribution in [0.2, 0.25) is 0 Å². The zero-order chi connectivity index (χ0) is 23.3. The molecule has 1 aromatic rings. The summed E-state index contributed by atoms with van der Waals surface area (Å²) in [6, 6.07) is 10.2. The van der Waals surface area contributed by atoms with Crippen molar-refractivity contribution in [2.45, 2.75) is 110 Å². The van der Waals surface area contributed by atoms with Gasteiger partial charge >= 0.3 is 0 Å². The van der Waals surface area contributed by atoms with E-state index < -0.39 is 5.60 Å². The van der Waals surface area contributed by atoms with Gasteiger partial charge in [-0.3, -0.25) is 0 Å². The Morgan fingerprint density at radius 1 is 1.00 bits per heavy atom. The molecule has 5 rings (SSSR count). The van der Waals surface area contributed by atoms with Gasteiger partial charge in [-0.1, -0.05) is 69.2 Å². The number of benzene rings is 1. The van der Waals surface area contributed by atoms with E-state index in [2.05, 4.69) is 39.0 Å². The fourth-order valence-electron chi connectivity index (χ4n) is 9.00. The molecule has 0 aliphatic heterocycles. The number of allylic oxidation sites excluding steroid dienone is 1. The van der Waals surface area contributed by atoms with E-state index >= 15 is 0 Å². The Kier molecular flexibility index (Phi) is 6.32. The smallest absolute Gasteiger partial charge is 0.0790 e. The second kappa shape index (κ2) is 8.83. The van der Waals surface area contributed by atoms with E-state index in [1.54, 1.807) is 5.57 Å². The van der Waals surface area contributed by atoms with E-state index in [-0.39, 0.29) is 6.10 Å². The van der Waals surface area contributed by atoms with E-state index in [1.807, 2.05) is 18.2 Å². The first-order valence-electron chi connectivity index (χ1n) is 13.9. The molecule has 4 aliphatic carbocycles. The van der Waals surface area contributed by atoms with Crippen LogP contribution >= 0.6 is 0 Å². The number of aliphatic hydroxyl groups is 2. The van der Waals surface area contributed by atoms with E-state index in [0.717, 1.165) is 61.3 Å². The number of hydrogen-bond donors (Lipinski definition) is 2. The summed E-state index contributed by atoms with van der Waals surface area (Å²) >= 11 is 0. The molecule has 3 saturated carbocycles. The van der Waals surface area contributed by atoms with E-state index in [9.17, 15) is 10.2 Å². The monoisotopic (exact) mass is 450 g/mol. The Hall–Kier alpha value is -1.12. The standard InChI is InChI=1S/C31H46O2/c1-4-31(33)20-19-30(3)24(21-31)13-15-25-26-16-14-23(29(26,2)18-17-27(25)30)11-8-12-28(32)22-9-6-5-7-10-22/h5-7,9-10,13,23,25-28,32-33H,4,8,11-12,14-21H2,1-3H3/t23-,25-,26-,27-,28-,29+,30-,31-/m0/s1. The van der Waals surface area contributed by atoms with Gasteiger partial charge in [-0.15, -0.1) is 0 Å². The molecule has 0 unspecified atom stereocenters. The molecule has 0 bridgehead atoms. The van der Waals surface area contributed by atoms with Crippen LogP contribution in [0.25, 0.3) is 0 Å². The van der Waals surface area contributed by atoms with Crippen molar-refractivity contribution in [3.05, 3.63) is 47.5 Å². The largest absolute Gasteiger partial charge is 0.390 e. The fourth-order valence-corrected chi connectivity index (χ4v) is 9.00. The highest BCUT2D eigenvalue weighted by atomic mass is 16.3. The minimum absolute atomic E-state index is 0.318. The van der Waals surface area contributed by atoms with Crippen molar-refractivity contribution >= 4 is 0 Å². The third-order valence-corrected chi connectivity index (χ3v) is 11.3. The highest BCUT2D eigenvalue weighted by Gasteiger charge is 2.59. The fraction of sp³-hybridized carbons (Fsp3) is 0.742. The van der Waals surface area contributed by atoms with E-state index in [1.165, 1.54) is 44.9 Å². The summed E-state index contributed by atoms with van der Waals surface area (Å²) in [6.07, 6.45) is 16.3. The summed E-state index contributed by atoms with van der Waals surface area (Å²) in [5.74, 6) is 3.34. The summed E-state index contributed by atoms with van der Waals surface area (Å²) < 4.78 is 0. The molecule has 8 atom stereocenters. The summed E-state index contributed by atoms with van der Waals surface area (Å²) in [7, 11) is 0. The van der Waals surface area contributed by atoms with Crippen LogP contribution in [0.1, 0.15) is 109 Å². The maximum absolute atomic E-state index is 11.0. The van der Waals surface area contributed by atoms with Gasteiger partial charge in [0.25, 0.3) is 0 Å². The van der Waals surface area contributed by atoms with Crippen LogP contribution in [0, 0.1) is 34.5 Å². The average Bonchev–Trinajstić information content (AvgIpc) is 3.16. The van der Waals surface area contributed by atoms with Crippen LogP contribution in [-0.2, 0) is 0 Å². The second-order valence-electron chi connectivity index (χ2n) is 12.7. The highest BCUT2D eigenvalue weighted by Crippen LogP contribution is 2.67. The Labute approximate surface area is 201 Å². The first-order chi connectivity index (χ1) is 15.8. The van der Waals surface area contributed by atoms with Gasteiger partial charge in [-0.05, 0) is 111 Å². The normalized spacial score (nSPS) is 43.2. The molecule has 33 heavy (non-hydrogen) atoms. The lowest BCUT2D eigenvalue weighted by Gasteiger charge is -2.59. The lowest BCUT2D eigenvalue weighted by Crippen LogP contribution is -2.52. The second-order valence-corrected chi connectivity index (χ2v) is 12.7. The Balaban J connectivity index is 1.25. The number of rotatable bonds is 6. The molecule has 2 heteroatoms. The minimum atomic E-state index is -0.454. The van der Waals surface area contributed by atoms with Gasteiger partial charge in [-0.25, -0.2) is 0 Å². The zero-order valence-corrected chi connectivity index (χ0v) is 21.2. The van der Waals surface area contributed by atoms with Crippen LogP contribution in [0.5, 0.6) is 0 Å². The van der Waals surface area contributed by atoms with Crippen molar-refractivity contribution < 1.29 is 10.2 Å². The molecule has 0 spiro atoms. The summed E-state index contributed by atoms with van der Waals surface area (Å²) in [4.78, 5) is 0. The number of fused-ring (bicyclic) bond motifs is 5. The summed E-state index contributed by atoms with van der Waals surface area (Å²) in [6.45, 7) is 7.32. The molecule has 1 aromatic carbocycles. The van der Waals surface area contributed by atoms with Crippen LogP contribution in [0.3, 0.4) is 0 Å². The molecule has 0 amide bonds. The molecule has 2 nitrogen and oxygen atoms in total. The third kappa shape index (κ3) is 4.04. The van der Waals surface area contributed by atoms with Gasteiger partial charge in [0.1, 0.15) is 0 Å². The Morgan fingerprint density at radius 3 is 2.55 bits per heavy atom. The molecule has 0 heterocycles. The molecule has 0 radical (unpaired) electrons. The first-order valence-corrected chi connectivity index (χ1v) is 13.9. The molecule has 4 aliphatic rings. The Morgan fingerprint density at radius 2 is 1.79 bits per heavy atom. The van der Waals surface area contributed by atoms with Gasteiger partial charge < -0.3 is 10.2 Å². The molecule has 182 valence electrons. The van der Waals surface area contributed by atoms with Gasteiger partial charge in [0.2, 0.25) is 0 Å². The predicted molar refractivity (Wildman–Crippen MR) is 136 cm³/mol. The van der Waals surface area contributed by atoms with Gasteiger partial charge in [0.05, 0.1) is 11.7 Å². The summed E-state index contributed by atoms with van der Waals surface area (Å²) in [5.41, 5.74) is 3.01. The molecule has 3 fully saturated rings. The topological polar surface area (TPSA) is 40.5 Å². The van der Waals surface area contributed by atoms with Crippen LogP contribution in [-0.4, -0.2) is 15.8 Å². The zero-order valence-electron chi connectivity index (χ0n) is 21.2. The third-order valence-electron chi connectivity index (χ3n) is 11.3. The number of aliphatic hydroxyl groups excluding tert-OH is 1. The van der Waals surface area contributed by atoms with Crippen molar-refractivity contribution in [2.24, 2.45) is 34.5 Å². The number of hydrogen-bond acceptors (Lipinski definition) is 2. The molecular weight excluding hydrogens is 404 g/mol. The maximum atomic E-state index is 11.0. The van der Waals surface area contributed by atoms with Crippen molar-refractivity contribution in [1.29, 1.82) is 0 Å². The van der Waals surface area contributed by atoms with Gasteiger partial charge in [0, 0.05) is 0 Å². The lowest BCUT2D eigenvalue weighted by atomic mass is 9.46. The molecule has 0 saturated heterocycles. The van der Waals surface area contributed by atoms with Gasteiger partial charge in [0.15, 0.2) is 0 Å². The van der Waals surface area contributed by atoms with Crippen molar-refractivity contribution in [2.75, 3.05) is 0 Å².